The van der Waals surface area contributed by atoms with Crippen molar-refractivity contribution in [3.63, 3.8) is 0 Å². The average molecular weight is 406 g/mol. The molecule has 0 bridgehead atoms. The smallest absolute Gasteiger partial charge is 0.308 e. The average Bonchev–Trinajstić information content (AvgIpc) is 2.73. The number of benzene rings is 2. The maximum atomic E-state index is 13.0. The molecule has 0 saturated heterocycles. The van der Waals surface area contributed by atoms with E-state index in [9.17, 15) is 9.59 Å². The Labute approximate surface area is 179 Å². The number of fused-ring (bicyclic) bond motifs is 1. The fraction of sp³-hybridized carbons (Fsp3) is 0.346. The summed E-state index contributed by atoms with van der Waals surface area (Å²) in [6.45, 7) is 5.92. The monoisotopic (exact) mass is 405 g/mol. The van der Waals surface area contributed by atoms with Crippen LogP contribution in [-0.4, -0.2) is 16.7 Å². The zero-order valence-corrected chi connectivity index (χ0v) is 17.2. The van der Waals surface area contributed by atoms with Crippen LogP contribution in [0.4, 0.5) is 0 Å². The first-order valence-electron chi connectivity index (χ1n) is 10.1. The molecule has 3 rings (SSSR count). The molecule has 4 nitrogen and oxygen atoms in total. The molecule has 0 N–H and O–H groups in total. The van der Waals surface area contributed by atoms with Crippen molar-refractivity contribution in [2.75, 3.05) is 0 Å². The van der Waals surface area contributed by atoms with Gasteiger partial charge in [0.15, 0.2) is 0 Å². The molecule has 0 spiro atoms. The third-order valence-electron chi connectivity index (χ3n) is 5.11. The van der Waals surface area contributed by atoms with Crippen molar-refractivity contribution >= 4 is 22.5 Å². The van der Waals surface area contributed by atoms with E-state index >= 15 is 0 Å². The summed E-state index contributed by atoms with van der Waals surface area (Å²) < 4.78 is 5.27. The fourth-order valence-corrected chi connectivity index (χ4v) is 3.38. The summed E-state index contributed by atoms with van der Waals surface area (Å²) in [5.41, 5.74) is 2.94. The van der Waals surface area contributed by atoms with Crippen molar-refractivity contribution in [1.82, 2.24) is 4.98 Å². The molecule has 0 aliphatic heterocycles. The van der Waals surface area contributed by atoms with E-state index in [1.807, 2.05) is 69.4 Å². The number of Topliss-reactive ketones (excluding diaryl/α,β-unsaturated/α-hetero) is 1. The van der Waals surface area contributed by atoms with Crippen molar-refractivity contribution < 1.29 is 14.3 Å². The summed E-state index contributed by atoms with van der Waals surface area (Å²) in [5.74, 6) is -0.278. The molecule has 4 heteroatoms. The van der Waals surface area contributed by atoms with E-state index in [4.69, 9.17) is 4.74 Å². The normalized spacial score (nSPS) is 11.7. The van der Waals surface area contributed by atoms with E-state index in [-0.39, 0.29) is 37.6 Å². The lowest BCUT2D eigenvalue weighted by atomic mass is 9.88. The SMILES string of the molecule is C.CCC(C(=O)Cc1ccc2cnccc2c1)c1ccc(COC(=O)C(C)C)cc1. The summed E-state index contributed by atoms with van der Waals surface area (Å²) >= 11 is 0. The summed E-state index contributed by atoms with van der Waals surface area (Å²) in [6.07, 6.45) is 4.75. The highest BCUT2D eigenvalue weighted by Crippen LogP contribution is 2.24. The van der Waals surface area contributed by atoms with Gasteiger partial charge < -0.3 is 4.74 Å². The molecule has 0 aliphatic carbocycles. The van der Waals surface area contributed by atoms with Gasteiger partial charge in [-0.15, -0.1) is 0 Å². The van der Waals surface area contributed by atoms with Crippen LogP contribution in [0.1, 0.15) is 57.2 Å². The third-order valence-corrected chi connectivity index (χ3v) is 5.11. The number of pyridine rings is 1. The molecule has 0 amide bonds. The van der Waals surface area contributed by atoms with E-state index in [1.54, 1.807) is 6.20 Å². The quantitative estimate of drug-likeness (QED) is 0.439. The van der Waals surface area contributed by atoms with Gasteiger partial charge in [-0.3, -0.25) is 14.6 Å². The van der Waals surface area contributed by atoms with Crippen molar-refractivity contribution in [2.45, 2.75) is 53.6 Å². The molecular weight excluding hydrogens is 374 g/mol. The van der Waals surface area contributed by atoms with Crippen LogP contribution < -0.4 is 0 Å². The second-order valence-electron chi connectivity index (χ2n) is 7.67. The van der Waals surface area contributed by atoms with Crippen molar-refractivity contribution in [3.05, 3.63) is 77.6 Å². The Morgan fingerprint density at radius 2 is 1.67 bits per heavy atom. The number of carbonyl (C=O) groups excluding carboxylic acids is 2. The lowest BCUT2D eigenvalue weighted by molar-refractivity contribution is -0.148. The molecule has 1 unspecified atom stereocenters. The molecule has 0 fully saturated rings. The standard InChI is InChI=1S/C25H27NO3.CH4/c1-4-23(20-8-5-18(6-9-20)16-29-25(28)17(2)3)24(27)14-19-7-10-22-15-26-12-11-21(22)13-19;/h5-13,15,17,23H,4,14,16H2,1-3H3;1H4. The summed E-state index contributed by atoms with van der Waals surface area (Å²) in [6, 6.07) is 15.8. The number of hydrogen-bond donors (Lipinski definition) is 0. The minimum atomic E-state index is -0.207. The zero-order valence-electron chi connectivity index (χ0n) is 17.2. The Morgan fingerprint density at radius 3 is 2.33 bits per heavy atom. The third kappa shape index (κ3) is 5.76. The largest absolute Gasteiger partial charge is 0.461 e. The molecule has 0 aliphatic rings. The minimum Gasteiger partial charge on any atom is -0.461 e. The topological polar surface area (TPSA) is 56.3 Å². The maximum Gasteiger partial charge on any atom is 0.308 e. The Kier molecular flexibility index (Phi) is 8.28. The molecule has 0 saturated carbocycles. The number of aromatic nitrogens is 1. The summed E-state index contributed by atoms with van der Waals surface area (Å²) in [5, 5.41) is 2.17. The highest BCUT2D eigenvalue weighted by Gasteiger charge is 2.19. The molecule has 1 atom stereocenters. The van der Waals surface area contributed by atoms with Gasteiger partial charge in [0.2, 0.25) is 0 Å². The number of ketones is 1. The number of ether oxygens (including phenoxy) is 1. The predicted octanol–water partition coefficient (Wildman–Crippen LogP) is 5.88. The minimum absolute atomic E-state index is 0. The zero-order chi connectivity index (χ0) is 20.8. The Morgan fingerprint density at radius 1 is 0.967 bits per heavy atom. The highest BCUT2D eigenvalue weighted by atomic mass is 16.5. The van der Waals surface area contributed by atoms with Gasteiger partial charge in [0.1, 0.15) is 12.4 Å². The fourth-order valence-electron chi connectivity index (χ4n) is 3.38. The number of carbonyl (C=O) groups is 2. The van der Waals surface area contributed by atoms with Crippen LogP contribution in [0.5, 0.6) is 0 Å². The van der Waals surface area contributed by atoms with E-state index in [2.05, 4.69) is 11.1 Å². The number of hydrogen-bond acceptors (Lipinski definition) is 4. The van der Waals surface area contributed by atoms with Crippen molar-refractivity contribution in [1.29, 1.82) is 0 Å². The first-order chi connectivity index (χ1) is 14.0. The van der Waals surface area contributed by atoms with Crippen molar-refractivity contribution in [2.24, 2.45) is 5.92 Å². The van der Waals surface area contributed by atoms with E-state index in [0.717, 1.165) is 33.9 Å². The van der Waals surface area contributed by atoms with E-state index in [0.29, 0.717) is 6.42 Å². The van der Waals surface area contributed by atoms with Gasteiger partial charge in [-0.05, 0) is 34.6 Å². The van der Waals surface area contributed by atoms with Crippen LogP contribution in [0.2, 0.25) is 0 Å². The van der Waals surface area contributed by atoms with Gasteiger partial charge >= 0.3 is 5.97 Å². The Bertz CT molecular complexity index is 993. The second kappa shape index (κ2) is 10.7. The van der Waals surface area contributed by atoms with Gasteiger partial charge in [-0.25, -0.2) is 0 Å². The summed E-state index contributed by atoms with van der Waals surface area (Å²) in [7, 11) is 0. The molecule has 1 heterocycles. The number of esters is 1. The van der Waals surface area contributed by atoms with Crippen LogP contribution >= 0.6 is 0 Å². The molecule has 1 aromatic heterocycles. The molecule has 2 aromatic carbocycles. The highest BCUT2D eigenvalue weighted by molar-refractivity contribution is 5.89. The summed E-state index contributed by atoms with van der Waals surface area (Å²) in [4.78, 5) is 28.7. The first kappa shape index (κ1) is 23.3. The first-order valence-corrected chi connectivity index (χ1v) is 10.1. The molecule has 3 aromatic rings. The van der Waals surface area contributed by atoms with Crippen LogP contribution in [-0.2, 0) is 27.4 Å². The molecule has 0 radical (unpaired) electrons. The van der Waals surface area contributed by atoms with E-state index in [1.165, 1.54) is 0 Å². The van der Waals surface area contributed by atoms with Gasteiger partial charge in [-0.2, -0.15) is 0 Å². The number of rotatable bonds is 8. The van der Waals surface area contributed by atoms with E-state index < -0.39 is 0 Å². The van der Waals surface area contributed by atoms with Crippen LogP contribution in [0.25, 0.3) is 10.8 Å². The van der Waals surface area contributed by atoms with Crippen LogP contribution in [0, 0.1) is 5.92 Å². The lowest BCUT2D eigenvalue weighted by Gasteiger charge is -2.15. The Balaban J connectivity index is 0.00000320. The Hall–Kier alpha value is -3.01. The van der Waals surface area contributed by atoms with Crippen LogP contribution in [0.15, 0.2) is 60.9 Å². The molecular formula is C26H31NO3. The molecule has 158 valence electrons. The van der Waals surface area contributed by atoms with Gasteiger partial charge in [-0.1, -0.05) is 70.7 Å². The van der Waals surface area contributed by atoms with Crippen molar-refractivity contribution in [3.8, 4) is 0 Å². The lowest BCUT2D eigenvalue weighted by Crippen LogP contribution is -2.15. The van der Waals surface area contributed by atoms with Crippen LogP contribution in [0.3, 0.4) is 0 Å². The van der Waals surface area contributed by atoms with Gasteiger partial charge in [0.25, 0.3) is 0 Å². The predicted molar refractivity (Wildman–Crippen MR) is 121 cm³/mol. The second-order valence-corrected chi connectivity index (χ2v) is 7.67. The number of nitrogens with zero attached hydrogens (tertiary/aromatic N) is 1. The van der Waals surface area contributed by atoms with Gasteiger partial charge in [0.05, 0.1) is 5.92 Å². The van der Waals surface area contributed by atoms with Gasteiger partial charge in [0, 0.05) is 30.1 Å². The maximum absolute atomic E-state index is 13.0. The molecule has 30 heavy (non-hydrogen) atoms.